The smallest absolute Gasteiger partial charge is 0.191 e. The second-order valence-corrected chi connectivity index (χ2v) is 6.65. The van der Waals surface area contributed by atoms with E-state index < -0.39 is 0 Å². The fourth-order valence-corrected chi connectivity index (χ4v) is 3.04. The van der Waals surface area contributed by atoms with Gasteiger partial charge in [-0.1, -0.05) is 12.1 Å². The summed E-state index contributed by atoms with van der Waals surface area (Å²) in [6, 6.07) is 10.0. The molecule has 0 saturated carbocycles. The van der Waals surface area contributed by atoms with Crippen molar-refractivity contribution in [2.45, 2.75) is 20.0 Å². The molecule has 3 heterocycles. The molecule has 144 valence electrons. The largest absolute Gasteiger partial charge is 0.357 e. The Kier molecular flexibility index (Phi) is 6.98. The molecule has 0 radical (unpaired) electrons. The summed E-state index contributed by atoms with van der Waals surface area (Å²) in [5.41, 5.74) is 2.14. The number of rotatable bonds is 6. The molecule has 0 unspecified atom stereocenters. The molecule has 1 aliphatic rings. The van der Waals surface area contributed by atoms with E-state index in [4.69, 9.17) is 4.99 Å². The molecule has 0 atom stereocenters. The lowest BCUT2D eigenvalue weighted by Gasteiger charge is -2.34. The Morgan fingerprint density at radius 2 is 1.85 bits per heavy atom. The van der Waals surface area contributed by atoms with E-state index in [1.807, 2.05) is 30.5 Å². The number of piperazine rings is 1. The monoisotopic (exact) mass is 367 g/mol. The first-order valence-corrected chi connectivity index (χ1v) is 9.55. The van der Waals surface area contributed by atoms with Gasteiger partial charge in [0, 0.05) is 50.7 Å². The van der Waals surface area contributed by atoms with Crippen LogP contribution in [-0.2, 0) is 13.1 Å². The molecule has 1 aliphatic heterocycles. The van der Waals surface area contributed by atoms with E-state index in [0.29, 0.717) is 13.1 Å². The third-order valence-corrected chi connectivity index (χ3v) is 4.59. The fraction of sp³-hybridized carbons (Fsp3) is 0.450. The molecule has 2 aromatic rings. The first-order valence-electron chi connectivity index (χ1n) is 9.55. The van der Waals surface area contributed by atoms with Gasteiger partial charge in [0.25, 0.3) is 0 Å². The molecule has 3 rings (SSSR count). The summed E-state index contributed by atoms with van der Waals surface area (Å²) in [5.74, 6) is 1.84. The van der Waals surface area contributed by atoms with E-state index in [2.05, 4.69) is 50.4 Å². The van der Waals surface area contributed by atoms with Gasteiger partial charge in [-0.15, -0.1) is 0 Å². The van der Waals surface area contributed by atoms with Crippen molar-refractivity contribution >= 4 is 11.8 Å². The quantitative estimate of drug-likeness (QED) is 0.595. The van der Waals surface area contributed by atoms with Crippen LogP contribution in [0.4, 0.5) is 5.82 Å². The second kappa shape index (κ2) is 9.87. The highest BCUT2D eigenvalue weighted by atomic mass is 15.3. The van der Waals surface area contributed by atoms with Crippen molar-refractivity contribution < 1.29 is 0 Å². The standard InChI is InChI=1S/C20H29N7/c1-3-21-20(25-16-18-8-4-5-9-22-18)24-15-17-7-6-10-23-19(17)27-13-11-26(2)12-14-27/h4-10H,3,11-16H2,1-2H3,(H2,21,24,25). The molecule has 2 aromatic heterocycles. The van der Waals surface area contributed by atoms with Crippen molar-refractivity contribution in [3.8, 4) is 0 Å². The number of hydrogen-bond acceptors (Lipinski definition) is 5. The first-order chi connectivity index (χ1) is 13.3. The number of guanidine groups is 1. The van der Waals surface area contributed by atoms with E-state index in [9.17, 15) is 0 Å². The molecule has 0 amide bonds. The molecule has 1 saturated heterocycles. The second-order valence-electron chi connectivity index (χ2n) is 6.65. The van der Waals surface area contributed by atoms with Gasteiger partial charge in [0.1, 0.15) is 5.82 Å². The average molecular weight is 368 g/mol. The van der Waals surface area contributed by atoms with E-state index in [0.717, 1.165) is 55.8 Å². The Morgan fingerprint density at radius 3 is 2.59 bits per heavy atom. The number of aromatic nitrogens is 2. The molecule has 0 spiro atoms. The van der Waals surface area contributed by atoms with Crippen molar-refractivity contribution in [2.24, 2.45) is 4.99 Å². The summed E-state index contributed by atoms with van der Waals surface area (Å²) >= 11 is 0. The number of aliphatic imine (C=N–C) groups is 1. The predicted octanol–water partition coefficient (Wildman–Crippen LogP) is 1.48. The van der Waals surface area contributed by atoms with Crippen LogP contribution in [0.25, 0.3) is 0 Å². The molecule has 0 aromatic carbocycles. The number of nitrogens with zero attached hydrogens (tertiary/aromatic N) is 5. The minimum absolute atomic E-state index is 0.590. The Hall–Kier alpha value is -2.67. The summed E-state index contributed by atoms with van der Waals surface area (Å²) in [6.07, 6.45) is 3.67. The van der Waals surface area contributed by atoms with Crippen molar-refractivity contribution in [1.82, 2.24) is 25.5 Å². The normalized spacial score (nSPS) is 15.6. The molecule has 7 heteroatoms. The maximum atomic E-state index is 4.76. The van der Waals surface area contributed by atoms with Gasteiger partial charge in [-0.25, -0.2) is 9.98 Å². The molecular weight excluding hydrogens is 338 g/mol. The minimum Gasteiger partial charge on any atom is -0.357 e. The molecule has 0 aliphatic carbocycles. The molecule has 0 bridgehead atoms. The summed E-state index contributed by atoms with van der Waals surface area (Å²) < 4.78 is 0. The highest BCUT2D eigenvalue weighted by Crippen LogP contribution is 2.19. The predicted molar refractivity (Wildman–Crippen MR) is 110 cm³/mol. The number of pyridine rings is 2. The van der Waals surface area contributed by atoms with E-state index >= 15 is 0 Å². The number of anilines is 1. The molecule has 1 fully saturated rings. The van der Waals surface area contributed by atoms with Crippen LogP contribution in [-0.4, -0.2) is 60.6 Å². The van der Waals surface area contributed by atoms with Gasteiger partial charge in [-0.2, -0.15) is 0 Å². The van der Waals surface area contributed by atoms with Crippen LogP contribution in [0.3, 0.4) is 0 Å². The molecule has 2 N–H and O–H groups in total. The molecular formula is C20H29N7. The van der Waals surface area contributed by atoms with Crippen LogP contribution in [0.5, 0.6) is 0 Å². The van der Waals surface area contributed by atoms with Crippen LogP contribution in [0.2, 0.25) is 0 Å². The summed E-state index contributed by atoms with van der Waals surface area (Å²) in [4.78, 5) is 18.4. The lowest BCUT2D eigenvalue weighted by molar-refractivity contribution is 0.312. The van der Waals surface area contributed by atoms with Crippen LogP contribution >= 0.6 is 0 Å². The highest BCUT2D eigenvalue weighted by Gasteiger charge is 2.17. The fourth-order valence-electron chi connectivity index (χ4n) is 3.04. The van der Waals surface area contributed by atoms with Crippen LogP contribution in [0.15, 0.2) is 47.7 Å². The Balaban J connectivity index is 1.66. The van der Waals surface area contributed by atoms with Crippen molar-refractivity contribution in [3.05, 3.63) is 54.0 Å². The van der Waals surface area contributed by atoms with Crippen LogP contribution in [0, 0.1) is 0 Å². The lowest BCUT2D eigenvalue weighted by atomic mass is 10.2. The first kappa shape index (κ1) is 19.1. The van der Waals surface area contributed by atoms with Gasteiger partial charge < -0.3 is 20.4 Å². The van der Waals surface area contributed by atoms with Crippen LogP contribution < -0.4 is 15.5 Å². The van der Waals surface area contributed by atoms with E-state index in [-0.39, 0.29) is 0 Å². The maximum absolute atomic E-state index is 4.76. The summed E-state index contributed by atoms with van der Waals surface area (Å²) in [7, 11) is 2.16. The third kappa shape index (κ3) is 5.65. The SMILES string of the molecule is CCNC(=NCc1cccnc1N1CCN(C)CC1)NCc1ccccn1. The Bertz CT molecular complexity index is 724. The van der Waals surface area contributed by atoms with Gasteiger partial charge in [-0.05, 0) is 32.2 Å². The van der Waals surface area contributed by atoms with Gasteiger partial charge >= 0.3 is 0 Å². The lowest BCUT2D eigenvalue weighted by Crippen LogP contribution is -2.45. The van der Waals surface area contributed by atoms with E-state index in [1.165, 1.54) is 0 Å². The number of likely N-dealkylation sites (N-methyl/N-ethyl adjacent to an activating group) is 1. The maximum Gasteiger partial charge on any atom is 0.191 e. The summed E-state index contributed by atoms with van der Waals surface area (Å²) in [5, 5.41) is 6.65. The zero-order valence-electron chi connectivity index (χ0n) is 16.2. The zero-order valence-corrected chi connectivity index (χ0v) is 16.2. The number of hydrogen-bond donors (Lipinski definition) is 2. The van der Waals surface area contributed by atoms with Gasteiger partial charge in [0.2, 0.25) is 0 Å². The molecule has 7 nitrogen and oxygen atoms in total. The minimum atomic E-state index is 0.590. The summed E-state index contributed by atoms with van der Waals surface area (Å²) in [6.45, 7) is 8.24. The molecule has 27 heavy (non-hydrogen) atoms. The highest BCUT2D eigenvalue weighted by molar-refractivity contribution is 5.79. The van der Waals surface area contributed by atoms with E-state index in [1.54, 1.807) is 6.20 Å². The van der Waals surface area contributed by atoms with Gasteiger partial charge in [-0.3, -0.25) is 4.98 Å². The van der Waals surface area contributed by atoms with Gasteiger partial charge in [0.05, 0.1) is 18.8 Å². The van der Waals surface area contributed by atoms with Crippen molar-refractivity contribution in [1.29, 1.82) is 0 Å². The van der Waals surface area contributed by atoms with Crippen molar-refractivity contribution in [2.75, 3.05) is 44.7 Å². The third-order valence-electron chi connectivity index (χ3n) is 4.59. The topological polar surface area (TPSA) is 68.7 Å². The zero-order chi connectivity index (χ0) is 18.9. The van der Waals surface area contributed by atoms with Gasteiger partial charge in [0.15, 0.2) is 5.96 Å². The Morgan fingerprint density at radius 1 is 1.04 bits per heavy atom. The average Bonchev–Trinajstić information content (AvgIpc) is 2.72. The Labute approximate surface area is 161 Å². The van der Waals surface area contributed by atoms with Crippen LogP contribution in [0.1, 0.15) is 18.2 Å². The van der Waals surface area contributed by atoms with Crippen molar-refractivity contribution in [3.63, 3.8) is 0 Å². The number of nitrogens with one attached hydrogen (secondary N) is 2.